The van der Waals surface area contributed by atoms with Crippen LogP contribution < -0.4 is 0 Å². The van der Waals surface area contributed by atoms with Crippen LogP contribution in [0.5, 0.6) is 0 Å². The Morgan fingerprint density at radius 3 is 2.30 bits per heavy atom. The molecule has 0 N–H and O–H groups in total. The fourth-order valence-electron chi connectivity index (χ4n) is 7.02. The molecular formula is C29H43N3S. The lowest BCUT2D eigenvalue weighted by Gasteiger charge is -2.43. The van der Waals surface area contributed by atoms with Crippen molar-refractivity contribution in [3.8, 4) is 0 Å². The smallest absolute Gasteiger partial charge is 0.102 e. The van der Waals surface area contributed by atoms with Crippen molar-refractivity contribution in [1.29, 1.82) is 0 Å². The van der Waals surface area contributed by atoms with Crippen LogP contribution in [0.15, 0.2) is 46.6 Å². The highest BCUT2D eigenvalue weighted by Gasteiger charge is 2.62. The van der Waals surface area contributed by atoms with Gasteiger partial charge in [-0.15, -0.1) is 11.8 Å². The van der Waals surface area contributed by atoms with E-state index in [0.717, 1.165) is 11.4 Å². The Morgan fingerprint density at radius 1 is 0.939 bits per heavy atom. The topological polar surface area (TPSA) is 18.8 Å². The molecule has 3 nitrogen and oxygen atoms in total. The van der Waals surface area contributed by atoms with Crippen LogP contribution in [0.25, 0.3) is 0 Å². The lowest BCUT2D eigenvalue weighted by atomic mass is 9.69. The monoisotopic (exact) mass is 465 g/mol. The molecule has 2 aliphatic carbocycles. The summed E-state index contributed by atoms with van der Waals surface area (Å²) in [5.41, 5.74) is 4.97. The second-order valence-electron chi connectivity index (χ2n) is 11.5. The second kappa shape index (κ2) is 9.77. The average Bonchev–Trinajstić information content (AvgIpc) is 3.17. The van der Waals surface area contributed by atoms with Gasteiger partial charge in [-0.25, -0.2) is 4.99 Å². The van der Waals surface area contributed by atoms with Gasteiger partial charge < -0.3 is 9.80 Å². The number of rotatable bonds is 6. The van der Waals surface area contributed by atoms with Crippen molar-refractivity contribution >= 4 is 22.5 Å². The fraction of sp³-hybridized carbons (Fsp3) is 0.690. The first-order valence-electron chi connectivity index (χ1n) is 13.5. The molecule has 1 aromatic carbocycles. The largest absolute Gasteiger partial charge is 0.374 e. The predicted molar refractivity (Wildman–Crippen MR) is 143 cm³/mol. The van der Waals surface area contributed by atoms with Crippen molar-refractivity contribution in [2.24, 2.45) is 21.7 Å². The number of likely N-dealkylation sites (tertiary alicyclic amines) is 2. The summed E-state index contributed by atoms with van der Waals surface area (Å²) < 4.78 is 0. The maximum atomic E-state index is 5.36. The zero-order chi connectivity index (χ0) is 22.9. The van der Waals surface area contributed by atoms with Crippen molar-refractivity contribution in [2.45, 2.75) is 72.1 Å². The van der Waals surface area contributed by atoms with Crippen molar-refractivity contribution in [2.75, 3.05) is 38.5 Å². The van der Waals surface area contributed by atoms with Crippen LogP contribution in [0, 0.1) is 16.7 Å². The van der Waals surface area contributed by atoms with Gasteiger partial charge in [-0.05, 0) is 81.5 Å². The molecule has 180 valence electrons. The summed E-state index contributed by atoms with van der Waals surface area (Å²) in [6, 6.07) is 10.7. The molecule has 2 bridgehead atoms. The molecule has 1 aromatic rings. The highest BCUT2D eigenvalue weighted by Crippen LogP contribution is 2.69. The van der Waals surface area contributed by atoms with Crippen molar-refractivity contribution < 1.29 is 0 Å². The van der Waals surface area contributed by atoms with Crippen LogP contribution >= 0.6 is 11.8 Å². The number of aliphatic imine (C=N–C) groups is 1. The van der Waals surface area contributed by atoms with E-state index < -0.39 is 0 Å². The normalized spacial score (nSPS) is 30.3. The Balaban J connectivity index is 1.50. The number of benzene rings is 1. The first kappa shape index (κ1) is 23.5. The second-order valence-corrected chi connectivity index (χ2v) is 12.5. The maximum absolute atomic E-state index is 5.36. The van der Waals surface area contributed by atoms with E-state index in [2.05, 4.69) is 60.9 Å². The summed E-state index contributed by atoms with van der Waals surface area (Å²) in [6.07, 6.45) is 10.9. The van der Waals surface area contributed by atoms with Gasteiger partial charge in [0.25, 0.3) is 0 Å². The van der Waals surface area contributed by atoms with Crippen LogP contribution in [0.4, 0.5) is 5.69 Å². The standard InChI is InChI=1S/C29H43N3S/c1-28(2)24-15-16-29(28,3)26(32-19-11-6-12-20-32)25(24)27(30-23-13-7-4-8-14-23)33-22-21-31-17-9-5-10-18-31/h4,7-8,13-14,24H,5-6,9-12,15-22H2,1-3H3. The van der Waals surface area contributed by atoms with Gasteiger partial charge in [-0.3, -0.25) is 0 Å². The van der Waals surface area contributed by atoms with Gasteiger partial charge >= 0.3 is 0 Å². The Hall–Kier alpha value is -1.26. The van der Waals surface area contributed by atoms with Crippen molar-refractivity contribution in [3.63, 3.8) is 0 Å². The number of thioether (sulfide) groups is 1. The molecule has 0 spiro atoms. The summed E-state index contributed by atoms with van der Waals surface area (Å²) in [7, 11) is 0. The van der Waals surface area contributed by atoms with Gasteiger partial charge in [0.15, 0.2) is 0 Å². The van der Waals surface area contributed by atoms with Gasteiger partial charge in [0.1, 0.15) is 5.04 Å². The van der Waals surface area contributed by atoms with E-state index in [1.165, 1.54) is 89.1 Å². The molecule has 2 unspecified atom stereocenters. The molecule has 2 saturated heterocycles. The van der Waals surface area contributed by atoms with E-state index in [-0.39, 0.29) is 5.41 Å². The van der Waals surface area contributed by atoms with Crippen LogP contribution in [0.2, 0.25) is 0 Å². The highest BCUT2D eigenvalue weighted by atomic mass is 32.2. The van der Waals surface area contributed by atoms with Crippen LogP contribution in [-0.2, 0) is 0 Å². The van der Waals surface area contributed by atoms with Gasteiger partial charge in [-0.2, -0.15) is 0 Å². The molecule has 0 aromatic heterocycles. The zero-order valence-electron chi connectivity index (χ0n) is 21.1. The van der Waals surface area contributed by atoms with E-state index in [0.29, 0.717) is 11.3 Å². The quantitative estimate of drug-likeness (QED) is 0.329. The van der Waals surface area contributed by atoms with E-state index in [1.807, 2.05) is 11.8 Å². The maximum Gasteiger partial charge on any atom is 0.102 e. The van der Waals surface area contributed by atoms with E-state index in [1.54, 1.807) is 11.3 Å². The molecule has 0 amide bonds. The number of para-hydroxylation sites is 1. The Kier molecular flexibility index (Phi) is 6.96. The summed E-state index contributed by atoms with van der Waals surface area (Å²) >= 11 is 2.04. The molecular weight excluding hydrogens is 422 g/mol. The molecule has 33 heavy (non-hydrogen) atoms. The minimum Gasteiger partial charge on any atom is -0.374 e. The average molecular weight is 466 g/mol. The first-order valence-corrected chi connectivity index (χ1v) is 14.5. The minimum absolute atomic E-state index is 0.273. The van der Waals surface area contributed by atoms with Gasteiger partial charge in [0.05, 0.1) is 5.69 Å². The lowest BCUT2D eigenvalue weighted by molar-refractivity contribution is 0.124. The third-order valence-corrected chi connectivity index (χ3v) is 10.3. The summed E-state index contributed by atoms with van der Waals surface area (Å²) in [6.45, 7) is 13.9. The molecule has 4 heteroatoms. The van der Waals surface area contributed by atoms with E-state index in [9.17, 15) is 0 Å². The first-order chi connectivity index (χ1) is 16.0. The van der Waals surface area contributed by atoms with E-state index in [4.69, 9.17) is 4.99 Å². The highest BCUT2D eigenvalue weighted by molar-refractivity contribution is 8.14. The predicted octanol–water partition coefficient (Wildman–Crippen LogP) is 7.13. The minimum atomic E-state index is 0.273. The molecule has 1 saturated carbocycles. The number of nitrogens with zero attached hydrogens (tertiary/aromatic N) is 3. The zero-order valence-corrected chi connectivity index (χ0v) is 21.9. The third-order valence-electron chi connectivity index (χ3n) is 9.34. The molecule has 2 aliphatic heterocycles. The lowest BCUT2D eigenvalue weighted by Crippen LogP contribution is -2.40. The van der Waals surface area contributed by atoms with Gasteiger partial charge in [-0.1, -0.05) is 45.4 Å². The molecule has 2 heterocycles. The molecule has 3 fully saturated rings. The van der Waals surface area contributed by atoms with E-state index >= 15 is 0 Å². The van der Waals surface area contributed by atoms with Crippen LogP contribution in [0.1, 0.15) is 72.1 Å². The summed E-state index contributed by atoms with van der Waals surface area (Å²) in [4.78, 5) is 10.8. The third kappa shape index (κ3) is 4.43. The Morgan fingerprint density at radius 2 is 1.61 bits per heavy atom. The summed E-state index contributed by atoms with van der Waals surface area (Å²) in [5, 5.41) is 1.32. The summed E-state index contributed by atoms with van der Waals surface area (Å²) in [5.74, 6) is 1.77. The Bertz CT molecular complexity index is 877. The Labute approximate surface area is 206 Å². The van der Waals surface area contributed by atoms with Crippen LogP contribution in [0.3, 0.4) is 0 Å². The SMILES string of the molecule is CC12CCC(C(C(=Nc3ccccc3)SCCN3CCCCC3)=C1N1CCCCC1)C2(C)C. The van der Waals surface area contributed by atoms with Gasteiger partial charge in [0, 0.05) is 42.1 Å². The number of piperidine rings is 2. The number of hydrogen-bond donors (Lipinski definition) is 0. The molecule has 0 radical (unpaired) electrons. The fourth-order valence-corrected chi connectivity index (χ4v) is 8.13. The van der Waals surface area contributed by atoms with Crippen LogP contribution in [-0.4, -0.2) is 53.3 Å². The molecule has 4 aliphatic rings. The number of allylic oxidation sites excluding steroid dienone is 1. The van der Waals surface area contributed by atoms with Crippen molar-refractivity contribution in [3.05, 3.63) is 41.6 Å². The molecule has 5 rings (SSSR count). The number of fused-ring (bicyclic) bond motifs is 2. The molecule has 2 atom stereocenters. The van der Waals surface area contributed by atoms with Gasteiger partial charge in [0.2, 0.25) is 0 Å². The number of hydrogen-bond acceptors (Lipinski definition) is 4. The van der Waals surface area contributed by atoms with Crippen molar-refractivity contribution in [1.82, 2.24) is 9.80 Å².